The van der Waals surface area contributed by atoms with Crippen molar-refractivity contribution >= 4 is 11.6 Å². The SMILES string of the molecule is CC.CCCc1c(C)cccc1NC(=O)CC. The third-order valence-electron chi connectivity index (χ3n) is 2.51. The van der Waals surface area contributed by atoms with Gasteiger partial charge in [0.2, 0.25) is 5.91 Å². The van der Waals surface area contributed by atoms with E-state index < -0.39 is 0 Å². The molecule has 0 aliphatic carbocycles. The average Bonchev–Trinajstić information content (AvgIpc) is 2.36. The van der Waals surface area contributed by atoms with Crippen LogP contribution in [0.4, 0.5) is 5.69 Å². The van der Waals surface area contributed by atoms with Gasteiger partial charge in [-0.15, -0.1) is 0 Å². The van der Waals surface area contributed by atoms with Crippen LogP contribution in [-0.2, 0) is 11.2 Å². The number of anilines is 1. The Balaban J connectivity index is 0.00000121. The van der Waals surface area contributed by atoms with E-state index in [0.29, 0.717) is 6.42 Å². The van der Waals surface area contributed by atoms with E-state index in [-0.39, 0.29) is 5.91 Å². The normalized spacial score (nSPS) is 9.24. The lowest BCUT2D eigenvalue weighted by atomic mass is 10.0. The molecule has 17 heavy (non-hydrogen) atoms. The maximum atomic E-state index is 11.3. The minimum absolute atomic E-state index is 0.0814. The van der Waals surface area contributed by atoms with Crippen molar-refractivity contribution < 1.29 is 4.79 Å². The number of aryl methyl sites for hydroxylation is 1. The summed E-state index contributed by atoms with van der Waals surface area (Å²) in [5.41, 5.74) is 3.50. The van der Waals surface area contributed by atoms with Crippen LogP contribution in [-0.4, -0.2) is 5.91 Å². The van der Waals surface area contributed by atoms with E-state index in [4.69, 9.17) is 0 Å². The highest BCUT2D eigenvalue weighted by Crippen LogP contribution is 2.21. The van der Waals surface area contributed by atoms with Crippen LogP contribution in [0.1, 0.15) is 51.7 Å². The Morgan fingerprint density at radius 3 is 2.41 bits per heavy atom. The molecule has 0 bridgehead atoms. The first kappa shape index (κ1) is 15.7. The molecule has 0 saturated heterocycles. The smallest absolute Gasteiger partial charge is 0.224 e. The van der Waals surface area contributed by atoms with E-state index in [9.17, 15) is 4.79 Å². The molecule has 0 radical (unpaired) electrons. The maximum Gasteiger partial charge on any atom is 0.224 e. The Labute approximate surface area is 105 Å². The molecular formula is C15H25NO. The zero-order valence-corrected chi connectivity index (χ0v) is 11.8. The second-order valence-corrected chi connectivity index (χ2v) is 3.75. The molecule has 2 nitrogen and oxygen atoms in total. The van der Waals surface area contributed by atoms with Gasteiger partial charge in [0, 0.05) is 12.1 Å². The fourth-order valence-electron chi connectivity index (χ4n) is 1.64. The minimum Gasteiger partial charge on any atom is -0.326 e. The van der Waals surface area contributed by atoms with Gasteiger partial charge in [0.05, 0.1) is 0 Å². The Hall–Kier alpha value is -1.31. The summed E-state index contributed by atoms with van der Waals surface area (Å²) >= 11 is 0. The summed E-state index contributed by atoms with van der Waals surface area (Å²) in [4.78, 5) is 11.3. The van der Waals surface area contributed by atoms with Crippen LogP contribution >= 0.6 is 0 Å². The van der Waals surface area contributed by atoms with Gasteiger partial charge in [0.15, 0.2) is 0 Å². The minimum atomic E-state index is 0.0814. The van der Waals surface area contributed by atoms with E-state index in [1.807, 2.05) is 32.9 Å². The van der Waals surface area contributed by atoms with Gasteiger partial charge in [-0.25, -0.2) is 0 Å². The summed E-state index contributed by atoms with van der Waals surface area (Å²) in [6.07, 6.45) is 2.64. The predicted octanol–water partition coefficient (Wildman–Crippen LogP) is 4.32. The molecule has 0 saturated carbocycles. The van der Waals surface area contributed by atoms with Gasteiger partial charge in [-0.2, -0.15) is 0 Å². The second-order valence-electron chi connectivity index (χ2n) is 3.75. The van der Waals surface area contributed by atoms with E-state index in [1.165, 1.54) is 11.1 Å². The van der Waals surface area contributed by atoms with Crippen LogP contribution in [0.15, 0.2) is 18.2 Å². The topological polar surface area (TPSA) is 29.1 Å². The molecule has 0 fully saturated rings. The van der Waals surface area contributed by atoms with Crippen LogP contribution in [0, 0.1) is 6.92 Å². The lowest BCUT2D eigenvalue weighted by molar-refractivity contribution is -0.115. The summed E-state index contributed by atoms with van der Waals surface area (Å²) in [6, 6.07) is 6.05. The number of hydrogen-bond acceptors (Lipinski definition) is 1. The number of carbonyl (C=O) groups is 1. The van der Waals surface area contributed by atoms with Gasteiger partial charge in [0.25, 0.3) is 0 Å². The number of hydrogen-bond donors (Lipinski definition) is 1. The molecule has 1 amide bonds. The summed E-state index contributed by atoms with van der Waals surface area (Å²) < 4.78 is 0. The molecule has 0 aliphatic heterocycles. The van der Waals surface area contributed by atoms with Crippen molar-refractivity contribution in [1.29, 1.82) is 0 Å². The fraction of sp³-hybridized carbons (Fsp3) is 0.533. The maximum absolute atomic E-state index is 11.3. The molecule has 2 heteroatoms. The largest absolute Gasteiger partial charge is 0.326 e. The fourth-order valence-corrected chi connectivity index (χ4v) is 1.64. The molecule has 0 aliphatic rings. The van der Waals surface area contributed by atoms with Crippen molar-refractivity contribution in [1.82, 2.24) is 0 Å². The molecule has 96 valence electrons. The average molecular weight is 235 g/mol. The van der Waals surface area contributed by atoms with Crippen molar-refractivity contribution in [2.24, 2.45) is 0 Å². The van der Waals surface area contributed by atoms with E-state index in [1.54, 1.807) is 0 Å². The van der Waals surface area contributed by atoms with Crippen LogP contribution in [0.2, 0.25) is 0 Å². The highest BCUT2D eigenvalue weighted by atomic mass is 16.1. The monoisotopic (exact) mass is 235 g/mol. The van der Waals surface area contributed by atoms with Crippen molar-refractivity contribution in [3.05, 3.63) is 29.3 Å². The molecule has 1 rings (SSSR count). The third-order valence-corrected chi connectivity index (χ3v) is 2.51. The molecular weight excluding hydrogens is 210 g/mol. The standard InChI is InChI=1S/C13H19NO.C2H6/c1-4-7-11-10(3)8-6-9-12(11)14-13(15)5-2;1-2/h6,8-9H,4-5,7H2,1-3H3,(H,14,15);1-2H3. The van der Waals surface area contributed by atoms with Crippen LogP contribution in [0.5, 0.6) is 0 Å². The van der Waals surface area contributed by atoms with Crippen molar-refractivity contribution in [3.63, 3.8) is 0 Å². The van der Waals surface area contributed by atoms with Gasteiger partial charge in [-0.3, -0.25) is 4.79 Å². The molecule has 0 atom stereocenters. The number of carbonyl (C=O) groups excluding carboxylic acids is 1. The second kappa shape index (κ2) is 8.80. The number of amides is 1. The van der Waals surface area contributed by atoms with Gasteiger partial charge >= 0.3 is 0 Å². The molecule has 0 spiro atoms. The van der Waals surface area contributed by atoms with Crippen LogP contribution in [0.25, 0.3) is 0 Å². The molecule has 1 aromatic carbocycles. The highest BCUT2D eigenvalue weighted by Gasteiger charge is 2.06. The highest BCUT2D eigenvalue weighted by molar-refractivity contribution is 5.91. The molecule has 0 aromatic heterocycles. The molecule has 0 unspecified atom stereocenters. The number of nitrogens with one attached hydrogen (secondary N) is 1. The van der Waals surface area contributed by atoms with Crippen LogP contribution < -0.4 is 5.32 Å². The Morgan fingerprint density at radius 2 is 1.88 bits per heavy atom. The van der Waals surface area contributed by atoms with Gasteiger partial charge in [-0.1, -0.05) is 46.2 Å². The summed E-state index contributed by atoms with van der Waals surface area (Å²) in [7, 11) is 0. The van der Waals surface area contributed by atoms with Crippen molar-refractivity contribution in [3.8, 4) is 0 Å². The first-order valence-corrected chi connectivity index (χ1v) is 6.57. The third kappa shape index (κ3) is 5.03. The van der Waals surface area contributed by atoms with Crippen molar-refractivity contribution in [2.75, 3.05) is 5.32 Å². The molecule has 1 aromatic rings. The van der Waals surface area contributed by atoms with Crippen molar-refractivity contribution in [2.45, 2.75) is 53.9 Å². The molecule has 1 N–H and O–H groups in total. The van der Waals surface area contributed by atoms with Gasteiger partial charge in [0.1, 0.15) is 0 Å². The van der Waals surface area contributed by atoms with E-state index in [2.05, 4.69) is 25.2 Å². The lowest BCUT2D eigenvalue weighted by Crippen LogP contribution is -2.11. The van der Waals surface area contributed by atoms with Gasteiger partial charge in [-0.05, 0) is 30.5 Å². The first-order valence-electron chi connectivity index (χ1n) is 6.57. The van der Waals surface area contributed by atoms with E-state index in [0.717, 1.165) is 18.5 Å². The zero-order valence-electron chi connectivity index (χ0n) is 11.8. The Bertz CT molecular complexity index is 345. The van der Waals surface area contributed by atoms with Gasteiger partial charge < -0.3 is 5.32 Å². The quantitative estimate of drug-likeness (QED) is 0.827. The predicted molar refractivity (Wildman–Crippen MR) is 75.4 cm³/mol. The first-order chi connectivity index (χ1) is 8.19. The summed E-state index contributed by atoms with van der Waals surface area (Å²) in [6.45, 7) is 10.1. The summed E-state index contributed by atoms with van der Waals surface area (Å²) in [5, 5.41) is 2.95. The zero-order chi connectivity index (χ0) is 13.3. The lowest BCUT2D eigenvalue weighted by Gasteiger charge is -2.12. The number of rotatable bonds is 4. The number of benzene rings is 1. The Morgan fingerprint density at radius 1 is 1.24 bits per heavy atom. The van der Waals surface area contributed by atoms with Crippen LogP contribution in [0.3, 0.4) is 0 Å². The summed E-state index contributed by atoms with van der Waals surface area (Å²) in [5.74, 6) is 0.0814. The van der Waals surface area contributed by atoms with E-state index >= 15 is 0 Å². The molecule has 0 heterocycles. The Kier molecular flexibility index (Phi) is 8.12.